The first-order valence-electron chi connectivity index (χ1n) is 5.97. The molecule has 0 aromatic carbocycles. The molecule has 0 unspecified atom stereocenters. The molecule has 1 heterocycles. The average Bonchev–Trinajstić information content (AvgIpc) is 2.66. The van der Waals surface area contributed by atoms with Crippen molar-refractivity contribution in [1.82, 2.24) is 0 Å². The lowest BCUT2D eigenvalue weighted by Crippen LogP contribution is -2.32. The Kier molecular flexibility index (Phi) is 3.77. The van der Waals surface area contributed by atoms with Crippen LogP contribution in [0.1, 0.15) is 45.1 Å². The van der Waals surface area contributed by atoms with Gasteiger partial charge in [0.25, 0.3) is 0 Å². The fraction of sp³-hybridized carbons (Fsp3) is 0.692. The third kappa shape index (κ3) is 2.36. The number of thiophene rings is 1. The molecule has 0 atom stereocenters. The topological polar surface area (TPSA) is 20.2 Å². The van der Waals surface area contributed by atoms with E-state index in [0.717, 1.165) is 47.6 Å². The largest absolute Gasteiger partial charge is 0.385 e. The fourth-order valence-electron chi connectivity index (χ4n) is 2.67. The third-order valence-corrected chi connectivity index (χ3v) is 5.62. The van der Waals surface area contributed by atoms with E-state index in [4.69, 9.17) is 0 Å². The summed E-state index contributed by atoms with van der Waals surface area (Å²) >= 11 is 5.19. The Labute approximate surface area is 110 Å². The normalized spacial score (nSPS) is 30.9. The zero-order valence-corrected chi connectivity index (χ0v) is 12.3. The highest BCUT2D eigenvalue weighted by Gasteiger charge is 2.37. The molecule has 16 heavy (non-hydrogen) atoms. The lowest BCUT2D eigenvalue weighted by molar-refractivity contribution is -0.0201. The monoisotopic (exact) mass is 302 g/mol. The van der Waals surface area contributed by atoms with Gasteiger partial charge in [-0.05, 0) is 58.8 Å². The van der Waals surface area contributed by atoms with Crippen LogP contribution in [0.2, 0.25) is 0 Å². The SMILES string of the molecule is CC(C)C1CCC(O)(c2cscc2Br)CC1. The van der Waals surface area contributed by atoms with Crippen LogP contribution in [0.25, 0.3) is 0 Å². The van der Waals surface area contributed by atoms with Gasteiger partial charge in [0.05, 0.1) is 5.60 Å². The maximum atomic E-state index is 10.7. The predicted octanol–water partition coefficient (Wildman–Crippen LogP) is 4.54. The van der Waals surface area contributed by atoms with Gasteiger partial charge in [0, 0.05) is 15.4 Å². The second-order valence-electron chi connectivity index (χ2n) is 5.25. The van der Waals surface area contributed by atoms with Crippen LogP contribution in [0.15, 0.2) is 15.2 Å². The van der Waals surface area contributed by atoms with Crippen LogP contribution in [0.3, 0.4) is 0 Å². The molecule has 1 nitrogen and oxygen atoms in total. The van der Waals surface area contributed by atoms with Crippen LogP contribution in [-0.2, 0) is 5.60 Å². The van der Waals surface area contributed by atoms with Gasteiger partial charge in [-0.1, -0.05) is 13.8 Å². The van der Waals surface area contributed by atoms with Crippen LogP contribution in [0, 0.1) is 11.8 Å². The van der Waals surface area contributed by atoms with Gasteiger partial charge >= 0.3 is 0 Å². The van der Waals surface area contributed by atoms with Crippen LogP contribution in [0.4, 0.5) is 0 Å². The highest BCUT2D eigenvalue weighted by Crippen LogP contribution is 2.44. The summed E-state index contributed by atoms with van der Waals surface area (Å²) in [6.07, 6.45) is 4.11. The summed E-state index contributed by atoms with van der Waals surface area (Å²) in [6.45, 7) is 4.57. The van der Waals surface area contributed by atoms with Gasteiger partial charge in [-0.25, -0.2) is 0 Å². The van der Waals surface area contributed by atoms with Crippen molar-refractivity contribution in [2.75, 3.05) is 0 Å². The second kappa shape index (κ2) is 4.79. The molecule has 0 aliphatic heterocycles. The number of hydrogen-bond donors (Lipinski definition) is 1. The molecule has 3 heteroatoms. The van der Waals surface area contributed by atoms with Crippen LogP contribution < -0.4 is 0 Å². The molecule has 90 valence electrons. The molecular formula is C13H19BrOS. The van der Waals surface area contributed by atoms with Crippen molar-refractivity contribution in [3.63, 3.8) is 0 Å². The highest BCUT2D eigenvalue weighted by atomic mass is 79.9. The minimum atomic E-state index is -0.579. The molecule has 0 bridgehead atoms. The maximum Gasteiger partial charge on any atom is 0.0915 e. The van der Waals surface area contributed by atoms with Gasteiger partial charge < -0.3 is 5.11 Å². The zero-order chi connectivity index (χ0) is 11.8. The standard InChI is InChI=1S/C13H19BrOS/c1-9(2)10-3-5-13(15,6-4-10)11-7-16-8-12(11)14/h7-10,15H,3-6H2,1-2H3. The number of aliphatic hydroxyl groups is 1. The van der Waals surface area contributed by atoms with Crippen molar-refractivity contribution >= 4 is 27.3 Å². The summed E-state index contributed by atoms with van der Waals surface area (Å²) in [5, 5.41) is 14.8. The van der Waals surface area contributed by atoms with Gasteiger partial charge in [-0.3, -0.25) is 0 Å². The molecule has 0 spiro atoms. The molecule has 2 rings (SSSR count). The Bertz CT molecular complexity index is 351. The van der Waals surface area contributed by atoms with E-state index in [-0.39, 0.29) is 0 Å². The number of hydrogen-bond acceptors (Lipinski definition) is 2. The van der Waals surface area contributed by atoms with Gasteiger partial charge in [0.2, 0.25) is 0 Å². The Morgan fingerprint density at radius 1 is 1.38 bits per heavy atom. The van der Waals surface area contributed by atoms with Crippen LogP contribution in [0.5, 0.6) is 0 Å². The first kappa shape index (κ1) is 12.6. The molecular weight excluding hydrogens is 284 g/mol. The van der Waals surface area contributed by atoms with E-state index in [1.54, 1.807) is 11.3 Å². The molecule has 1 aliphatic carbocycles. The Morgan fingerprint density at radius 3 is 2.44 bits per heavy atom. The number of rotatable bonds is 2. The van der Waals surface area contributed by atoms with E-state index in [1.807, 2.05) is 0 Å². The minimum Gasteiger partial charge on any atom is -0.385 e. The van der Waals surface area contributed by atoms with Crippen molar-refractivity contribution < 1.29 is 5.11 Å². The highest BCUT2D eigenvalue weighted by molar-refractivity contribution is 9.10. The van der Waals surface area contributed by atoms with Gasteiger partial charge in [-0.2, -0.15) is 11.3 Å². The Balaban J connectivity index is 2.10. The van der Waals surface area contributed by atoms with E-state index in [9.17, 15) is 5.11 Å². The first-order valence-corrected chi connectivity index (χ1v) is 7.71. The van der Waals surface area contributed by atoms with Crippen molar-refractivity contribution in [2.45, 2.75) is 45.1 Å². The molecule has 1 fully saturated rings. The second-order valence-corrected chi connectivity index (χ2v) is 6.84. The van der Waals surface area contributed by atoms with E-state index in [2.05, 4.69) is 40.5 Å². The summed E-state index contributed by atoms with van der Waals surface area (Å²) in [7, 11) is 0. The zero-order valence-electron chi connectivity index (χ0n) is 9.87. The van der Waals surface area contributed by atoms with Crippen LogP contribution >= 0.6 is 27.3 Å². The number of halogens is 1. The minimum absolute atomic E-state index is 0.579. The summed E-state index contributed by atoms with van der Waals surface area (Å²) < 4.78 is 1.07. The van der Waals surface area contributed by atoms with Gasteiger partial charge in [-0.15, -0.1) is 0 Å². The molecule has 1 aliphatic rings. The van der Waals surface area contributed by atoms with Gasteiger partial charge in [0.1, 0.15) is 0 Å². The summed E-state index contributed by atoms with van der Waals surface area (Å²) in [4.78, 5) is 0. The quantitative estimate of drug-likeness (QED) is 0.850. The van der Waals surface area contributed by atoms with E-state index >= 15 is 0 Å². The van der Waals surface area contributed by atoms with E-state index in [0.29, 0.717) is 0 Å². The van der Waals surface area contributed by atoms with Crippen molar-refractivity contribution in [1.29, 1.82) is 0 Å². The van der Waals surface area contributed by atoms with Crippen molar-refractivity contribution in [3.8, 4) is 0 Å². The molecule has 0 radical (unpaired) electrons. The van der Waals surface area contributed by atoms with Crippen molar-refractivity contribution in [2.24, 2.45) is 11.8 Å². The lowest BCUT2D eigenvalue weighted by Gasteiger charge is -2.37. The Morgan fingerprint density at radius 2 is 2.00 bits per heavy atom. The molecule has 1 aromatic rings. The predicted molar refractivity (Wildman–Crippen MR) is 72.7 cm³/mol. The van der Waals surface area contributed by atoms with E-state index < -0.39 is 5.60 Å². The molecule has 0 amide bonds. The molecule has 1 N–H and O–H groups in total. The Hall–Kier alpha value is 0.140. The molecule has 1 saturated carbocycles. The molecule has 1 aromatic heterocycles. The fourth-order valence-corrected chi connectivity index (χ4v) is 4.42. The smallest absolute Gasteiger partial charge is 0.0915 e. The van der Waals surface area contributed by atoms with Gasteiger partial charge in [0.15, 0.2) is 0 Å². The van der Waals surface area contributed by atoms with E-state index in [1.165, 1.54) is 0 Å². The lowest BCUT2D eigenvalue weighted by atomic mass is 9.72. The van der Waals surface area contributed by atoms with Crippen LogP contribution in [-0.4, -0.2) is 5.11 Å². The molecule has 0 saturated heterocycles. The third-order valence-electron chi connectivity index (χ3n) is 3.92. The summed E-state index contributed by atoms with van der Waals surface area (Å²) in [5.74, 6) is 1.54. The maximum absolute atomic E-state index is 10.7. The first-order chi connectivity index (χ1) is 7.53. The summed E-state index contributed by atoms with van der Waals surface area (Å²) in [6, 6.07) is 0. The summed E-state index contributed by atoms with van der Waals surface area (Å²) in [5.41, 5.74) is 0.518. The van der Waals surface area contributed by atoms with Crippen molar-refractivity contribution in [3.05, 3.63) is 20.8 Å². The average molecular weight is 303 g/mol.